The highest BCUT2D eigenvalue weighted by Crippen LogP contribution is 2.32. The highest BCUT2D eigenvalue weighted by molar-refractivity contribution is 5.14. The van der Waals surface area contributed by atoms with E-state index in [-0.39, 0.29) is 18.9 Å². The fourth-order valence-corrected chi connectivity index (χ4v) is 3.23. The first-order valence-corrected chi connectivity index (χ1v) is 8.06. The Morgan fingerprint density at radius 2 is 1.77 bits per heavy atom. The Hall–Kier alpha value is -0.980. The fourth-order valence-electron chi connectivity index (χ4n) is 3.23. The van der Waals surface area contributed by atoms with Gasteiger partial charge in [-0.05, 0) is 5.56 Å². The molecule has 122 valence electrons. The van der Waals surface area contributed by atoms with Crippen LogP contribution in [0.25, 0.3) is 0 Å². The van der Waals surface area contributed by atoms with Crippen LogP contribution in [-0.4, -0.2) is 60.3 Å². The van der Waals surface area contributed by atoms with Crippen molar-refractivity contribution >= 4 is 0 Å². The molecule has 0 aliphatic carbocycles. The number of piperidine rings is 1. The molecule has 0 bridgehead atoms. The van der Waals surface area contributed by atoms with E-state index in [0.29, 0.717) is 13.2 Å². The third-order valence-corrected chi connectivity index (χ3v) is 5.02. The lowest BCUT2D eigenvalue weighted by Crippen LogP contribution is -2.64. The first-order valence-electron chi connectivity index (χ1n) is 8.06. The summed E-state index contributed by atoms with van der Waals surface area (Å²) in [6, 6.07) is 10.5. The van der Waals surface area contributed by atoms with Crippen LogP contribution in [0.2, 0.25) is 0 Å². The maximum Gasteiger partial charge on any atom is 0.121 e. The van der Waals surface area contributed by atoms with E-state index in [9.17, 15) is 10.2 Å². The molecule has 2 aliphatic rings. The molecule has 0 aromatic heterocycles. The first kappa shape index (κ1) is 15.9. The zero-order valence-electron chi connectivity index (χ0n) is 13.0. The van der Waals surface area contributed by atoms with Crippen molar-refractivity contribution < 1.29 is 14.9 Å². The molecule has 0 atom stereocenters. The van der Waals surface area contributed by atoms with Crippen molar-refractivity contribution in [2.45, 2.75) is 25.1 Å². The summed E-state index contributed by atoms with van der Waals surface area (Å²) in [5.41, 5.74) is 0.531. The van der Waals surface area contributed by atoms with Crippen LogP contribution in [0.4, 0.5) is 0 Å². The lowest BCUT2D eigenvalue weighted by Gasteiger charge is -2.49. The van der Waals surface area contributed by atoms with E-state index in [2.05, 4.69) is 34.5 Å². The van der Waals surface area contributed by atoms with E-state index in [1.165, 1.54) is 5.56 Å². The zero-order chi connectivity index (χ0) is 15.5. The smallest absolute Gasteiger partial charge is 0.121 e. The molecule has 5 heteroatoms. The Balaban J connectivity index is 1.52. The standard InChI is InChI=1S/C17H26N2O3/c20-12-16(13-21)11-18-17(22-14-16)6-8-19(9-7-17)10-15-4-2-1-3-5-15/h1-5,18,20-21H,6-14H2. The predicted octanol–water partition coefficient (Wildman–Crippen LogP) is 0.569. The van der Waals surface area contributed by atoms with E-state index in [4.69, 9.17) is 4.74 Å². The summed E-state index contributed by atoms with van der Waals surface area (Å²) in [6.07, 6.45) is 1.87. The van der Waals surface area contributed by atoms with Gasteiger partial charge >= 0.3 is 0 Å². The number of hydrogen-bond donors (Lipinski definition) is 3. The van der Waals surface area contributed by atoms with E-state index >= 15 is 0 Å². The van der Waals surface area contributed by atoms with Crippen LogP contribution in [0.1, 0.15) is 18.4 Å². The van der Waals surface area contributed by atoms with Crippen LogP contribution < -0.4 is 5.32 Å². The normalized spacial score (nSPS) is 24.5. The Morgan fingerprint density at radius 1 is 1.09 bits per heavy atom. The lowest BCUT2D eigenvalue weighted by atomic mass is 9.86. The number of nitrogens with one attached hydrogen (secondary N) is 1. The van der Waals surface area contributed by atoms with Gasteiger partial charge in [-0.25, -0.2) is 0 Å². The molecule has 1 aromatic carbocycles. The van der Waals surface area contributed by atoms with Gasteiger partial charge in [0.05, 0.1) is 25.2 Å². The maximum atomic E-state index is 9.45. The SMILES string of the molecule is OCC1(CO)CNC2(CCN(Cc3ccccc3)CC2)OC1. The molecular formula is C17H26N2O3. The Bertz CT molecular complexity index is 456. The molecule has 3 N–H and O–H groups in total. The first-order chi connectivity index (χ1) is 10.7. The van der Waals surface area contributed by atoms with E-state index < -0.39 is 5.41 Å². The van der Waals surface area contributed by atoms with Crippen LogP contribution in [0.15, 0.2) is 30.3 Å². The van der Waals surface area contributed by atoms with E-state index in [1.54, 1.807) is 0 Å². The van der Waals surface area contributed by atoms with Crippen molar-refractivity contribution in [3.8, 4) is 0 Å². The number of hydrogen-bond acceptors (Lipinski definition) is 5. The molecular weight excluding hydrogens is 280 g/mol. The fraction of sp³-hybridized carbons (Fsp3) is 0.647. The summed E-state index contributed by atoms with van der Waals surface area (Å²) in [5, 5.41) is 22.3. The van der Waals surface area contributed by atoms with Crippen LogP contribution in [0, 0.1) is 5.41 Å². The summed E-state index contributed by atoms with van der Waals surface area (Å²) < 4.78 is 6.04. The largest absolute Gasteiger partial charge is 0.396 e. The molecule has 0 radical (unpaired) electrons. The highest BCUT2D eigenvalue weighted by Gasteiger charge is 2.44. The van der Waals surface area contributed by atoms with Gasteiger partial charge in [0.25, 0.3) is 0 Å². The second-order valence-corrected chi connectivity index (χ2v) is 6.71. The van der Waals surface area contributed by atoms with Gasteiger partial charge < -0.3 is 14.9 Å². The number of nitrogens with zero attached hydrogens (tertiary/aromatic N) is 1. The number of benzene rings is 1. The number of likely N-dealkylation sites (tertiary alicyclic amines) is 1. The number of aliphatic hydroxyl groups excluding tert-OH is 2. The van der Waals surface area contributed by atoms with Crippen LogP contribution >= 0.6 is 0 Å². The molecule has 22 heavy (non-hydrogen) atoms. The summed E-state index contributed by atoms with van der Waals surface area (Å²) >= 11 is 0. The molecule has 2 fully saturated rings. The van der Waals surface area contributed by atoms with Crippen molar-refractivity contribution in [1.29, 1.82) is 0 Å². The van der Waals surface area contributed by atoms with E-state index in [0.717, 1.165) is 32.5 Å². The average Bonchev–Trinajstić information content (AvgIpc) is 2.59. The third kappa shape index (κ3) is 3.34. The molecule has 0 unspecified atom stereocenters. The summed E-state index contributed by atoms with van der Waals surface area (Å²) in [5.74, 6) is 0. The van der Waals surface area contributed by atoms with Crippen molar-refractivity contribution in [3.05, 3.63) is 35.9 Å². The molecule has 1 aromatic rings. The maximum absolute atomic E-state index is 9.45. The van der Waals surface area contributed by atoms with Crippen LogP contribution in [-0.2, 0) is 11.3 Å². The van der Waals surface area contributed by atoms with Gasteiger partial charge in [0.2, 0.25) is 0 Å². The minimum Gasteiger partial charge on any atom is -0.396 e. The molecule has 1 spiro atoms. The van der Waals surface area contributed by atoms with Crippen molar-refractivity contribution in [1.82, 2.24) is 10.2 Å². The topological polar surface area (TPSA) is 65.0 Å². The number of aliphatic hydroxyl groups is 2. The summed E-state index contributed by atoms with van der Waals surface area (Å²) in [4.78, 5) is 2.45. The van der Waals surface area contributed by atoms with Gasteiger partial charge in [-0.15, -0.1) is 0 Å². The predicted molar refractivity (Wildman–Crippen MR) is 84.2 cm³/mol. The molecule has 2 saturated heterocycles. The highest BCUT2D eigenvalue weighted by atomic mass is 16.5. The van der Waals surface area contributed by atoms with Crippen LogP contribution in [0.3, 0.4) is 0 Å². The molecule has 0 amide bonds. The Kier molecular flexibility index (Phi) is 4.80. The molecule has 0 saturated carbocycles. The second kappa shape index (κ2) is 6.64. The van der Waals surface area contributed by atoms with Gasteiger partial charge in [0, 0.05) is 39.0 Å². The molecule has 5 nitrogen and oxygen atoms in total. The third-order valence-electron chi connectivity index (χ3n) is 5.02. The van der Waals surface area contributed by atoms with Crippen molar-refractivity contribution in [2.75, 3.05) is 39.5 Å². The van der Waals surface area contributed by atoms with Gasteiger partial charge in [-0.1, -0.05) is 30.3 Å². The minimum atomic E-state index is -0.535. The molecule has 2 heterocycles. The number of ether oxygens (including phenoxy) is 1. The zero-order valence-corrected chi connectivity index (χ0v) is 13.0. The monoisotopic (exact) mass is 306 g/mol. The van der Waals surface area contributed by atoms with Gasteiger partial charge in [-0.3, -0.25) is 10.2 Å². The molecule has 2 aliphatic heterocycles. The average molecular weight is 306 g/mol. The van der Waals surface area contributed by atoms with E-state index in [1.807, 2.05) is 6.07 Å². The number of rotatable bonds is 4. The summed E-state index contributed by atoms with van der Waals surface area (Å²) in [6.45, 7) is 3.90. The Labute approximate surface area is 131 Å². The van der Waals surface area contributed by atoms with Gasteiger partial charge in [-0.2, -0.15) is 0 Å². The quantitative estimate of drug-likeness (QED) is 0.759. The summed E-state index contributed by atoms with van der Waals surface area (Å²) in [7, 11) is 0. The van der Waals surface area contributed by atoms with Crippen LogP contribution in [0.5, 0.6) is 0 Å². The lowest BCUT2D eigenvalue weighted by molar-refractivity contribution is -0.184. The Morgan fingerprint density at radius 3 is 2.32 bits per heavy atom. The second-order valence-electron chi connectivity index (χ2n) is 6.71. The molecule has 3 rings (SSSR count). The van der Waals surface area contributed by atoms with Gasteiger partial charge in [0.1, 0.15) is 5.72 Å². The van der Waals surface area contributed by atoms with Crippen molar-refractivity contribution in [2.24, 2.45) is 5.41 Å². The van der Waals surface area contributed by atoms with Crippen molar-refractivity contribution in [3.63, 3.8) is 0 Å². The van der Waals surface area contributed by atoms with Gasteiger partial charge in [0.15, 0.2) is 0 Å². The minimum absolute atomic E-state index is 0.0489.